The highest BCUT2D eigenvalue weighted by Gasteiger charge is 2.72. The third kappa shape index (κ3) is 1.74. The Labute approximate surface area is 107 Å². The molecule has 0 aromatic carbocycles. The van der Waals surface area contributed by atoms with Gasteiger partial charge in [0.25, 0.3) is 0 Å². The summed E-state index contributed by atoms with van der Waals surface area (Å²) in [5, 5.41) is 8.98. The van der Waals surface area contributed by atoms with Crippen LogP contribution in [-0.4, -0.2) is 41.1 Å². The highest BCUT2D eigenvalue weighted by Crippen LogP contribution is 2.75. The molecule has 1 amide bonds. The molecular formula is C12H14F3NO3. The van der Waals surface area contributed by atoms with Gasteiger partial charge < -0.3 is 10.0 Å². The van der Waals surface area contributed by atoms with Crippen LogP contribution in [0.4, 0.5) is 13.2 Å². The van der Waals surface area contributed by atoms with Crippen LogP contribution >= 0.6 is 0 Å². The average Bonchev–Trinajstić information content (AvgIpc) is 2.07. The molecule has 0 aromatic rings. The molecule has 4 nitrogen and oxygen atoms in total. The normalized spacial score (nSPS) is 37.1. The number of rotatable bonds is 3. The highest BCUT2D eigenvalue weighted by atomic mass is 19.4. The van der Waals surface area contributed by atoms with E-state index in [1.807, 2.05) is 0 Å². The monoisotopic (exact) mass is 277 g/mol. The Morgan fingerprint density at radius 1 is 1.21 bits per heavy atom. The summed E-state index contributed by atoms with van der Waals surface area (Å²) >= 11 is 0. The number of halogens is 3. The molecule has 7 heteroatoms. The maximum atomic E-state index is 12.2. The van der Waals surface area contributed by atoms with Gasteiger partial charge in [-0.05, 0) is 37.0 Å². The number of carboxylic acid groups (broad SMARTS) is 1. The quantitative estimate of drug-likeness (QED) is 0.853. The van der Waals surface area contributed by atoms with Gasteiger partial charge in [0.05, 0.1) is 5.41 Å². The number of carboxylic acids is 1. The van der Waals surface area contributed by atoms with Gasteiger partial charge in [-0.2, -0.15) is 13.2 Å². The Kier molecular flexibility index (Phi) is 2.30. The van der Waals surface area contributed by atoms with E-state index >= 15 is 0 Å². The lowest BCUT2D eigenvalue weighted by molar-refractivity contribution is -0.233. The van der Waals surface area contributed by atoms with Crippen molar-refractivity contribution in [3.63, 3.8) is 0 Å². The largest absolute Gasteiger partial charge is 0.481 e. The minimum Gasteiger partial charge on any atom is -0.481 e. The minimum atomic E-state index is -4.78. The molecule has 3 saturated carbocycles. The number of aliphatic carboxylic acids is 1. The van der Waals surface area contributed by atoms with E-state index in [4.69, 9.17) is 5.11 Å². The summed E-state index contributed by atoms with van der Waals surface area (Å²) in [5.41, 5.74) is -0.498. The average molecular weight is 277 g/mol. The summed E-state index contributed by atoms with van der Waals surface area (Å²) in [6.45, 7) is 0.306. The highest BCUT2D eigenvalue weighted by molar-refractivity contribution is 5.82. The number of likely N-dealkylation sites (tertiary alicyclic amines) is 1. The second-order valence-corrected chi connectivity index (χ2v) is 6.39. The lowest BCUT2D eigenvalue weighted by Crippen LogP contribution is -2.67. The van der Waals surface area contributed by atoms with Crippen molar-refractivity contribution in [2.24, 2.45) is 16.7 Å². The third-order valence-corrected chi connectivity index (χ3v) is 4.80. The molecule has 19 heavy (non-hydrogen) atoms. The zero-order valence-corrected chi connectivity index (χ0v) is 10.2. The summed E-state index contributed by atoms with van der Waals surface area (Å²) in [7, 11) is 0. The topological polar surface area (TPSA) is 57.6 Å². The van der Waals surface area contributed by atoms with Crippen molar-refractivity contribution in [1.82, 2.24) is 4.90 Å². The van der Waals surface area contributed by atoms with Crippen LogP contribution in [-0.2, 0) is 9.59 Å². The second kappa shape index (κ2) is 3.43. The minimum absolute atomic E-state index is 0.0381. The van der Waals surface area contributed by atoms with E-state index in [1.54, 1.807) is 0 Å². The Balaban J connectivity index is 1.45. The molecule has 1 heterocycles. The molecule has 4 rings (SSSR count). The Morgan fingerprint density at radius 3 is 2.16 bits per heavy atom. The maximum Gasteiger partial charge on any atom is 0.471 e. The van der Waals surface area contributed by atoms with Crippen LogP contribution in [0.15, 0.2) is 0 Å². The molecule has 3 aliphatic carbocycles. The van der Waals surface area contributed by atoms with E-state index < -0.39 is 23.5 Å². The second-order valence-electron chi connectivity index (χ2n) is 6.39. The van der Waals surface area contributed by atoms with Gasteiger partial charge in [0.15, 0.2) is 0 Å². The van der Waals surface area contributed by atoms with E-state index in [2.05, 4.69) is 0 Å². The van der Waals surface area contributed by atoms with Crippen LogP contribution in [0.1, 0.15) is 25.7 Å². The third-order valence-electron chi connectivity index (χ3n) is 4.80. The number of amides is 1. The zero-order valence-electron chi connectivity index (χ0n) is 10.2. The van der Waals surface area contributed by atoms with Crippen LogP contribution in [0.3, 0.4) is 0 Å². The number of hydrogen-bond donors (Lipinski definition) is 1. The fraction of sp³-hybridized carbons (Fsp3) is 0.833. The molecule has 0 unspecified atom stereocenters. The van der Waals surface area contributed by atoms with Crippen molar-refractivity contribution >= 4 is 11.9 Å². The molecule has 4 aliphatic rings. The van der Waals surface area contributed by atoms with Crippen LogP contribution in [0.5, 0.6) is 0 Å². The number of carbonyl (C=O) groups excluding carboxylic acids is 1. The maximum absolute atomic E-state index is 12.2. The van der Waals surface area contributed by atoms with Crippen molar-refractivity contribution in [2.45, 2.75) is 31.9 Å². The SMILES string of the molecule is O=C(N1CC(CC23CC(C(=O)O)(C2)C3)C1)C(F)(F)F. The molecule has 1 aliphatic heterocycles. The Morgan fingerprint density at radius 2 is 1.74 bits per heavy atom. The van der Waals surface area contributed by atoms with Crippen LogP contribution < -0.4 is 0 Å². The van der Waals surface area contributed by atoms with Crippen LogP contribution in [0.2, 0.25) is 0 Å². The van der Waals surface area contributed by atoms with E-state index in [1.165, 1.54) is 0 Å². The molecule has 0 atom stereocenters. The van der Waals surface area contributed by atoms with Crippen molar-refractivity contribution < 1.29 is 27.9 Å². The first-order valence-corrected chi connectivity index (χ1v) is 6.25. The Bertz CT molecular complexity index is 434. The van der Waals surface area contributed by atoms with Gasteiger partial charge in [0.1, 0.15) is 0 Å². The smallest absolute Gasteiger partial charge is 0.471 e. The number of nitrogens with zero attached hydrogens (tertiary/aromatic N) is 1. The summed E-state index contributed by atoms with van der Waals surface area (Å²) in [6, 6.07) is 0. The lowest BCUT2D eigenvalue weighted by Gasteiger charge is -2.69. The van der Waals surface area contributed by atoms with Crippen LogP contribution in [0, 0.1) is 16.7 Å². The van der Waals surface area contributed by atoms with Gasteiger partial charge in [-0.3, -0.25) is 9.59 Å². The van der Waals surface area contributed by atoms with E-state index in [-0.39, 0.29) is 24.4 Å². The van der Waals surface area contributed by atoms with E-state index in [0.29, 0.717) is 19.3 Å². The van der Waals surface area contributed by atoms with Gasteiger partial charge in [-0.15, -0.1) is 0 Å². The molecule has 0 spiro atoms. The zero-order chi connectivity index (χ0) is 14.1. The molecule has 4 fully saturated rings. The Hall–Kier alpha value is -1.27. The first-order valence-electron chi connectivity index (χ1n) is 6.25. The lowest BCUT2D eigenvalue weighted by atomic mass is 9.33. The fourth-order valence-electron chi connectivity index (χ4n) is 4.10. The molecule has 0 aromatic heterocycles. The van der Waals surface area contributed by atoms with Gasteiger partial charge in [-0.1, -0.05) is 0 Å². The van der Waals surface area contributed by atoms with Crippen molar-refractivity contribution in [3.8, 4) is 0 Å². The predicted octanol–water partition coefficient (Wildman–Crippen LogP) is 1.65. The summed E-state index contributed by atoms with van der Waals surface area (Å²) in [6.07, 6.45) is -2.07. The van der Waals surface area contributed by atoms with Crippen molar-refractivity contribution in [2.75, 3.05) is 13.1 Å². The predicted molar refractivity (Wildman–Crippen MR) is 57.1 cm³/mol. The standard InChI is InChI=1S/C12H14F3NO3/c13-12(14,15)8(17)16-2-7(3-16)1-10-4-11(5-10,6-10)9(18)19/h7H,1-6H2,(H,18,19). The summed E-state index contributed by atoms with van der Waals surface area (Å²) in [5.74, 6) is -2.42. The molecule has 0 radical (unpaired) electrons. The summed E-state index contributed by atoms with van der Waals surface area (Å²) < 4.78 is 36.5. The molecular weight excluding hydrogens is 263 g/mol. The van der Waals surface area contributed by atoms with E-state index in [0.717, 1.165) is 11.3 Å². The molecule has 106 valence electrons. The van der Waals surface area contributed by atoms with Crippen LogP contribution in [0.25, 0.3) is 0 Å². The first-order chi connectivity index (χ1) is 8.66. The first kappa shape index (κ1) is 12.7. The number of alkyl halides is 3. The molecule has 1 saturated heterocycles. The van der Waals surface area contributed by atoms with Crippen molar-refractivity contribution in [3.05, 3.63) is 0 Å². The van der Waals surface area contributed by atoms with Gasteiger partial charge in [-0.25, -0.2) is 0 Å². The van der Waals surface area contributed by atoms with E-state index in [9.17, 15) is 22.8 Å². The summed E-state index contributed by atoms with van der Waals surface area (Å²) in [4.78, 5) is 22.7. The molecule has 2 bridgehead atoms. The number of hydrogen-bond acceptors (Lipinski definition) is 2. The number of carbonyl (C=O) groups is 2. The van der Waals surface area contributed by atoms with Gasteiger partial charge in [0.2, 0.25) is 0 Å². The molecule has 1 N–H and O–H groups in total. The van der Waals surface area contributed by atoms with Crippen molar-refractivity contribution in [1.29, 1.82) is 0 Å². The van der Waals surface area contributed by atoms with Gasteiger partial charge in [0, 0.05) is 13.1 Å². The fourth-order valence-corrected chi connectivity index (χ4v) is 4.10. The van der Waals surface area contributed by atoms with Gasteiger partial charge >= 0.3 is 18.1 Å².